The molecule has 0 spiro atoms. The molecule has 0 aromatic rings. The first kappa shape index (κ1) is 15.2. The summed E-state index contributed by atoms with van der Waals surface area (Å²) in [6.45, 7) is 4.29. The van der Waals surface area contributed by atoms with Crippen LogP contribution in [-0.2, 0) is 28.5 Å². The fraction of sp³-hybridized carbons (Fsp3) is 0.929. The summed E-state index contributed by atoms with van der Waals surface area (Å²) < 4.78 is 29.6. The van der Waals surface area contributed by atoms with Gasteiger partial charge in [0.15, 0.2) is 12.1 Å². The van der Waals surface area contributed by atoms with Crippen molar-refractivity contribution in [1.29, 1.82) is 0 Å². The second-order valence-electron chi connectivity index (χ2n) is 6.49. The van der Waals surface area contributed by atoms with E-state index in [1.807, 2.05) is 20.1 Å². The van der Waals surface area contributed by atoms with Crippen molar-refractivity contribution in [2.45, 2.75) is 63.0 Å². The molecule has 4 heterocycles. The van der Waals surface area contributed by atoms with E-state index < -0.39 is 12.1 Å². The van der Waals surface area contributed by atoms with Crippen molar-refractivity contribution in [1.82, 2.24) is 4.90 Å². The van der Waals surface area contributed by atoms with Crippen molar-refractivity contribution in [3.63, 3.8) is 0 Å². The van der Waals surface area contributed by atoms with E-state index in [2.05, 4.69) is 0 Å². The lowest BCUT2D eigenvalue weighted by atomic mass is 10.1. The van der Waals surface area contributed by atoms with Gasteiger partial charge >= 0.3 is 0 Å². The largest absolute Gasteiger partial charge is 0.362 e. The highest BCUT2D eigenvalue weighted by Gasteiger charge is 2.60. The number of carbonyl (C=O) groups excluding carboxylic acids is 1. The maximum absolute atomic E-state index is 11.5. The molecule has 0 aromatic heterocycles. The minimum absolute atomic E-state index is 0.0963. The minimum atomic E-state index is -0.670. The van der Waals surface area contributed by atoms with E-state index in [0.29, 0.717) is 18.9 Å². The van der Waals surface area contributed by atoms with Crippen molar-refractivity contribution in [2.24, 2.45) is 0 Å². The Hall–Kier alpha value is -0.380. The standard InChI is InChI=1S/C14H21NO6S/c1-14(2)20-12-11(17-6-22-3)10(19-13(12)21-14)7-5-15-8(16)4-9(15)18-7/h7,9-13H,4-6H2,1-3H3/t7-,9-,10+,11+,12-,13-/m1/s1. The summed E-state index contributed by atoms with van der Waals surface area (Å²) in [6, 6.07) is 0. The fourth-order valence-corrected chi connectivity index (χ4v) is 3.82. The molecule has 8 heteroatoms. The zero-order valence-corrected chi connectivity index (χ0v) is 13.7. The van der Waals surface area contributed by atoms with Crippen molar-refractivity contribution in [3.8, 4) is 0 Å². The molecule has 0 aromatic carbocycles. The lowest BCUT2D eigenvalue weighted by molar-refractivity contribution is -0.230. The highest BCUT2D eigenvalue weighted by molar-refractivity contribution is 7.98. The van der Waals surface area contributed by atoms with Crippen LogP contribution in [-0.4, -0.2) is 72.3 Å². The Labute approximate surface area is 133 Å². The van der Waals surface area contributed by atoms with Crippen LogP contribution in [0.25, 0.3) is 0 Å². The number of hydrogen-bond donors (Lipinski definition) is 0. The molecule has 4 rings (SSSR count). The summed E-state index contributed by atoms with van der Waals surface area (Å²) in [5.41, 5.74) is 0. The topological polar surface area (TPSA) is 66.5 Å². The first-order chi connectivity index (χ1) is 10.5. The third kappa shape index (κ3) is 2.37. The number of hydrogen-bond acceptors (Lipinski definition) is 7. The first-order valence-electron chi connectivity index (χ1n) is 7.55. The summed E-state index contributed by atoms with van der Waals surface area (Å²) in [5.74, 6) is 0.0213. The molecule has 0 aliphatic carbocycles. The van der Waals surface area contributed by atoms with Gasteiger partial charge in [0, 0.05) is 0 Å². The predicted molar refractivity (Wildman–Crippen MR) is 76.9 cm³/mol. The molecule has 1 amide bonds. The molecule has 0 bridgehead atoms. The maximum atomic E-state index is 11.5. The van der Waals surface area contributed by atoms with E-state index in [4.69, 9.17) is 23.7 Å². The van der Waals surface area contributed by atoms with Gasteiger partial charge in [0.05, 0.1) is 18.9 Å². The molecule has 22 heavy (non-hydrogen) atoms. The molecule has 0 saturated carbocycles. The van der Waals surface area contributed by atoms with Gasteiger partial charge in [-0.1, -0.05) is 0 Å². The van der Waals surface area contributed by atoms with Gasteiger partial charge in [0.2, 0.25) is 5.91 Å². The van der Waals surface area contributed by atoms with Crippen molar-refractivity contribution >= 4 is 17.7 Å². The molecular weight excluding hydrogens is 310 g/mol. The third-order valence-corrected chi connectivity index (χ3v) is 4.87. The SMILES string of the molecule is CSCO[C@H]1[C@H]([C@H]2CN3C(=O)C[C@H]3O2)O[C@@H]2OC(C)(C)O[C@@H]21. The van der Waals surface area contributed by atoms with Gasteiger partial charge in [0.25, 0.3) is 0 Å². The van der Waals surface area contributed by atoms with Crippen LogP contribution in [0.1, 0.15) is 20.3 Å². The van der Waals surface area contributed by atoms with Crippen molar-refractivity contribution in [2.75, 3.05) is 18.7 Å². The highest BCUT2D eigenvalue weighted by atomic mass is 32.2. The minimum Gasteiger partial charge on any atom is -0.362 e. The number of rotatable bonds is 4. The van der Waals surface area contributed by atoms with E-state index in [0.717, 1.165) is 0 Å². The lowest BCUT2D eigenvalue weighted by Gasteiger charge is -2.31. The normalized spacial score (nSPS) is 45.8. The quantitative estimate of drug-likeness (QED) is 0.550. The van der Waals surface area contributed by atoms with E-state index in [1.54, 1.807) is 16.7 Å². The van der Waals surface area contributed by atoms with Crippen LogP contribution in [0.3, 0.4) is 0 Å². The molecule has 4 saturated heterocycles. The van der Waals surface area contributed by atoms with E-state index in [9.17, 15) is 4.79 Å². The van der Waals surface area contributed by atoms with Gasteiger partial charge in [-0.3, -0.25) is 4.79 Å². The smallest absolute Gasteiger partial charge is 0.229 e. The molecule has 6 atom stereocenters. The molecule has 4 aliphatic heterocycles. The fourth-order valence-electron chi connectivity index (χ4n) is 3.53. The molecule has 124 valence electrons. The van der Waals surface area contributed by atoms with E-state index in [1.165, 1.54) is 0 Å². The van der Waals surface area contributed by atoms with Gasteiger partial charge in [-0.2, -0.15) is 0 Å². The maximum Gasteiger partial charge on any atom is 0.229 e. The Bertz CT molecular complexity index is 474. The monoisotopic (exact) mass is 331 g/mol. The van der Waals surface area contributed by atoms with E-state index in [-0.39, 0.29) is 36.6 Å². The Morgan fingerprint density at radius 1 is 1.32 bits per heavy atom. The average Bonchev–Trinajstić information content (AvgIpc) is 3.04. The Balaban J connectivity index is 1.48. The summed E-state index contributed by atoms with van der Waals surface area (Å²) >= 11 is 1.60. The molecule has 4 aliphatic rings. The van der Waals surface area contributed by atoms with Crippen LogP contribution < -0.4 is 0 Å². The number of thioether (sulfide) groups is 1. The van der Waals surface area contributed by atoms with Crippen LogP contribution in [0.4, 0.5) is 0 Å². The van der Waals surface area contributed by atoms with Gasteiger partial charge in [-0.25, -0.2) is 0 Å². The Kier molecular flexibility index (Phi) is 3.67. The molecular formula is C14H21NO6S. The Morgan fingerprint density at radius 2 is 2.14 bits per heavy atom. The summed E-state index contributed by atoms with van der Waals surface area (Å²) in [4.78, 5) is 13.3. The second-order valence-corrected chi connectivity index (χ2v) is 7.30. The summed E-state index contributed by atoms with van der Waals surface area (Å²) in [7, 11) is 0. The molecule has 0 unspecified atom stereocenters. The Morgan fingerprint density at radius 3 is 2.82 bits per heavy atom. The van der Waals surface area contributed by atoms with Gasteiger partial charge in [0.1, 0.15) is 30.6 Å². The molecule has 7 nitrogen and oxygen atoms in total. The van der Waals surface area contributed by atoms with Crippen LogP contribution >= 0.6 is 11.8 Å². The second kappa shape index (κ2) is 5.32. The predicted octanol–water partition coefficient (Wildman–Crippen LogP) is 0.526. The third-order valence-electron chi connectivity index (χ3n) is 4.50. The number of amides is 1. The van der Waals surface area contributed by atoms with Crippen LogP contribution in [0, 0.1) is 0 Å². The zero-order valence-electron chi connectivity index (χ0n) is 12.9. The average molecular weight is 331 g/mol. The van der Waals surface area contributed by atoms with Crippen LogP contribution in [0.15, 0.2) is 0 Å². The number of nitrogens with zero attached hydrogens (tertiary/aromatic N) is 1. The summed E-state index contributed by atoms with van der Waals surface area (Å²) in [5, 5.41) is 0. The number of ether oxygens (including phenoxy) is 5. The molecule has 0 radical (unpaired) electrons. The van der Waals surface area contributed by atoms with Crippen LogP contribution in [0.2, 0.25) is 0 Å². The van der Waals surface area contributed by atoms with Crippen molar-refractivity contribution in [3.05, 3.63) is 0 Å². The zero-order chi connectivity index (χ0) is 15.5. The first-order valence-corrected chi connectivity index (χ1v) is 8.94. The summed E-state index contributed by atoms with van der Waals surface area (Å²) in [6.07, 6.45) is 0.917. The van der Waals surface area contributed by atoms with Gasteiger partial charge < -0.3 is 28.6 Å². The highest BCUT2D eigenvalue weighted by Crippen LogP contribution is 2.42. The molecule has 4 fully saturated rings. The van der Waals surface area contributed by atoms with Gasteiger partial charge in [-0.15, -0.1) is 11.8 Å². The lowest BCUT2D eigenvalue weighted by Crippen LogP contribution is -2.49. The van der Waals surface area contributed by atoms with Crippen LogP contribution in [0.5, 0.6) is 0 Å². The van der Waals surface area contributed by atoms with E-state index >= 15 is 0 Å². The molecule has 0 N–H and O–H groups in total. The number of fused-ring (bicyclic) bond motifs is 2. The number of carbonyl (C=O) groups is 1. The van der Waals surface area contributed by atoms with Gasteiger partial charge in [-0.05, 0) is 20.1 Å². The van der Waals surface area contributed by atoms with Crippen molar-refractivity contribution < 1.29 is 28.5 Å². The number of β-lactam (4-membered cyclic amide) rings is 1.